The van der Waals surface area contributed by atoms with Gasteiger partial charge in [0.05, 0.1) is 18.0 Å². The van der Waals surface area contributed by atoms with Crippen molar-refractivity contribution in [3.8, 4) is 5.75 Å². The van der Waals surface area contributed by atoms with Gasteiger partial charge in [-0.1, -0.05) is 17.7 Å². The van der Waals surface area contributed by atoms with Crippen LogP contribution in [0.4, 0.5) is 0 Å². The summed E-state index contributed by atoms with van der Waals surface area (Å²) in [4.78, 5) is 0. The summed E-state index contributed by atoms with van der Waals surface area (Å²) in [6.07, 6.45) is 0. The van der Waals surface area contributed by atoms with E-state index in [-0.39, 0.29) is 6.04 Å². The summed E-state index contributed by atoms with van der Waals surface area (Å²) in [6.45, 7) is 4.09. The van der Waals surface area contributed by atoms with Crippen LogP contribution in [0.5, 0.6) is 5.75 Å². The number of hydrogen-bond acceptors (Lipinski definition) is 2. The van der Waals surface area contributed by atoms with Crippen LogP contribution in [0, 0.1) is 0 Å². The second-order valence-electron chi connectivity index (χ2n) is 3.68. The minimum absolute atomic E-state index is 0.245. The minimum atomic E-state index is 0.245. The Morgan fingerprint density at radius 1 is 1.40 bits per heavy atom. The number of hydrogen-bond donors (Lipinski definition) is 0. The molecule has 1 heterocycles. The van der Waals surface area contributed by atoms with Gasteiger partial charge in [0.25, 0.3) is 0 Å². The van der Waals surface area contributed by atoms with Crippen molar-refractivity contribution in [3.05, 3.63) is 23.4 Å². The first-order valence-electron chi connectivity index (χ1n) is 4.86. The molecular formula is C11H13ClN2O. The molecule has 2 aromatic rings. The summed E-state index contributed by atoms with van der Waals surface area (Å²) in [6, 6.07) is 5.98. The third-order valence-corrected chi connectivity index (χ3v) is 2.70. The Bertz CT molecular complexity index is 491. The summed E-state index contributed by atoms with van der Waals surface area (Å²) in [5, 5.41) is 5.95. The Morgan fingerprint density at radius 2 is 2.13 bits per heavy atom. The molecule has 0 fully saturated rings. The molecule has 0 radical (unpaired) electrons. The Labute approximate surface area is 93.6 Å². The topological polar surface area (TPSA) is 27.1 Å². The highest BCUT2D eigenvalue weighted by molar-refractivity contribution is 6.35. The lowest BCUT2D eigenvalue weighted by atomic mass is 10.2. The van der Waals surface area contributed by atoms with E-state index >= 15 is 0 Å². The normalized spacial score (nSPS) is 11.3. The predicted molar refractivity (Wildman–Crippen MR) is 61.7 cm³/mol. The van der Waals surface area contributed by atoms with Gasteiger partial charge in [-0.05, 0) is 26.0 Å². The lowest BCUT2D eigenvalue weighted by Gasteiger charge is -2.06. The molecule has 2 rings (SSSR count). The molecule has 0 spiro atoms. The molecule has 0 bridgehead atoms. The van der Waals surface area contributed by atoms with E-state index < -0.39 is 0 Å². The van der Waals surface area contributed by atoms with Crippen LogP contribution in [0.2, 0.25) is 5.15 Å². The Kier molecular flexibility index (Phi) is 2.57. The molecule has 4 heteroatoms. The summed E-state index contributed by atoms with van der Waals surface area (Å²) >= 11 is 6.26. The molecule has 0 atom stereocenters. The Hall–Kier alpha value is -1.22. The van der Waals surface area contributed by atoms with Crippen molar-refractivity contribution in [2.75, 3.05) is 7.11 Å². The molecule has 3 nitrogen and oxygen atoms in total. The molecule has 0 N–H and O–H groups in total. The molecule has 0 saturated carbocycles. The maximum atomic E-state index is 6.26. The van der Waals surface area contributed by atoms with E-state index in [1.54, 1.807) is 11.8 Å². The molecule has 0 aliphatic heterocycles. The lowest BCUT2D eigenvalue weighted by Crippen LogP contribution is -2.02. The van der Waals surface area contributed by atoms with Crippen molar-refractivity contribution in [3.63, 3.8) is 0 Å². The smallest absolute Gasteiger partial charge is 0.138 e. The number of benzene rings is 1. The van der Waals surface area contributed by atoms with Crippen LogP contribution in [0.1, 0.15) is 19.9 Å². The van der Waals surface area contributed by atoms with E-state index in [1.165, 1.54) is 0 Å². The number of ether oxygens (including phenoxy) is 1. The first kappa shape index (κ1) is 10.3. The zero-order chi connectivity index (χ0) is 11.0. The third kappa shape index (κ3) is 1.57. The maximum absolute atomic E-state index is 6.26. The molecule has 1 aromatic carbocycles. The van der Waals surface area contributed by atoms with Gasteiger partial charge >= 0.3 is 0 Å². The monoisotopic (exact) mass is 224 g/mol. The number of methoxy groups -OCH3 is 1. The van der Waals surface area contributed by atoms with E-state index in [9.17, 15) is 0 Å². The van der Waals surface area contributed by atoms with Crippen molar-refractivity contribution in [2.24, 2.45) is 0 Å². The van der Waals surface area contributed by atoms with Crippen LogP contribution in [0.3, 0.4) is 0 Å². The fourth-order valence-corrected chi connectivity index (χ4v) is 2.02. The highest BCUT2D eigenvalue weighted by atomic mass is 35.5. The molecule has 0 aliphatic rings. The van der Waals surface area contributed by atoms with Crippen LogP contribution in [0.15, 0.2) is 18.2 Å². The van der Waals surface area contributed by atoms with Gasteiger partial charge in [-0.15, -0.1) is 0 Å². The molecular weight excluding hydrogens is 212 g/mol. The summed E-state index contributed by atoms with van der Waals surface area (Å²) in [5.41, 5.74) is 0.869. The van der Waals surface area contributed by atoms with Crippen molar-refractivity contribution in [1.82, 2.24) is 9.78 Å². The fourth-order valence-electron chi connectivity index (χ4n) is 1.60. The van der Waals surface area contributed by atoms with E-state index in [1.807, 2.05) is 32.0 Å². The van der Waals surface area contributed by atoms with E-state index in [0.717, 1.165) is 16.7 Å². The molecule has 1 aromatic heterocycles. The maximum Gasteiger partial charge on any atom is 0.138 e. The van der Waals surface area contributed by atoms with Gasteiger partial charge in [0, 0.05) is 6.04 Å². The molecule has 0 aliphatic carbocycles. The van der Waals surface area contributed by atoms with Gasteiger partial charge in [0.15, 0.2) is 0 Å². The first-order chi connectivity index (χ1) is 7.15. The molecule has 0 unspecified atom stereocenters. The lowest BCUT2D eigenvalue weighted by molar-refractivity contribution is 0.419. The summed E-state index contributed by atoms with van der Waals surface area (Å²) < 4.78 is 7.06. The Morgan fingerprint density at radius 3 is 2.73 bits per heavy atom. The number of rotatable bonds is 2. The molecule has 15 heavy (non-hydrogen) atoms. The minimum Gasteiger partial charge on any atom is -0.496 e. The van der Waals surface area contributed by atoms with Gasteiger partial charge in [0.1, 0.15) is 10.9 Å². The fraction of sp³-hybridized carbons (Fsp3) is 0.364. The quantitative estimate of drug-likeness (QED) is 0.783. The number of nitrogens with zero attached hydrogens (tertiary/aromatic N) is 2. The largest absolute Gasteiger partial charge is 0.496 e. The number of aromatic nitrogens is 2. The van der Waals surface area contributed by atoms with Crippen LogP contribution in [-0.4, -0.2) is 16.9 Å². The standard InChI is InChI=1S/C11H13ClN2O/c1-7(2)14-11(12)10-8(13-14)5-4-6-9(10)15-3/h4-7H,1-3H3. The predicted octanol–water partition coefficient (Wildman–Crippen LogP) is 3.28. The van der Waals surface area contributed by atoms with Gasteiger partial charge in [0.2, 0.25) is 0 Å². The van der Waals surface area contributed by atoms with Crippen molar-refractivity contribution < 1.29 is 4.74 Å². The van der Waals surface area contributed by atoms with E-state index in [2.05, 4.69) is 5.10 Å². The number of fused-ring (bicyclic) bond motifs is 1. The second-order valence-corrected chi connectivity index (χ2v) is 4.04. The second kappa shape index (κ2) is 3.74. The van der Waals surface area contributed by atoms with Crippen LogP contribution >= 0.6 is 11.6 Å². The zero-order valence-electron chi connectivity index (χ0n) is 8.99. The van der Waals surface area contributed by atoms with Gasteiger partial charge in [-0.3, -0.25) is 4.68 Å². The van der Waals surface area contributed by atoms with Gasteiger partial charge in [-0.25, -0.2) is 0 Å². The van der Waals surface area contributed by atoms with Crippen LogP contribution < -0.4 is 4.74 Å². The Balaban J connectivity index is 2.77. The molecule has 0 amide bonds. The van der Waals surface area contributed by atoms with Crippen LogP contribution in [0.25, 0.3) is 10.9 Å². The average Bonchev–Trinajstić information content (AvgIpc) is 2.56. The van der Waals surface area contributed by atoms with Crippen molar-refractivity contribution in [2.45, 2.75) is 19.9 Å². The molecule has 0 saturated heterocycles. The first-order valence-corrected chi connectivity index (χ1v) is 5.23. The summed E-state index contributed by atoms with van der Waals surface area (Å²) in [5.74, 6) is 0.768. The average molecular weight is 225 g/mol. The number of halogens is 1. The SMILES string of the molecule is COc1cccc2nn(C(C)C)c(Cl)c12. The van der Waals surface area contributed by atoms with Crippen molar-refractivity contribution in [1.29, 1.82) is 0 Å². The zero-order valence-corrected chi connectivity index (χ0v) is 9.75. The third-order valence-electron chi connectivity index (χ3n) is 2.34. The van der Waals surface area contributed by atoms with Gasteiger partial charge < -0.3 is 4.74 Å². The van der Waals surface area contributed by atoms with E-state index in [0.29, 0.717) is 5.15 Å². The summed E-state index contributed by atoms with van der Waals surface area (Å²) in [7, 11) is 1.64. The highest BCUT2D eigenvalue weighted by Crippen LogP contribution is 2.33. The molecule has 80 valence electrons. The van der Waals surface area contributed by atoms with Crippen molar-refractivity contribution >= 4 is 22.5 Å². The van der Waals surface area contributed by atoms with E-state index in [4.69, 9.17) is 16.3 Å². The van der Waals surface area contributed by atoms with Gasteiger partial charge in [-0.2, -0.15) is 5.10 Å². The highest BCUT2D eigenvalue weighted by Gasteiger charge is 2.14. The van der Waals surface area contributed by atoms with Crippen LogP contribution in [-0.2, 0) is 0 Å².